The SMILES string of the molecule is C=C(Nc1ccc(OC)c(OCCN2CCOCC2)c1)Nc1c(C=N)ccn1-c1ccc(S(C)(=O)=O)cc1. The van der Waals surface area contributed by atoms with E-state index in [1.165, 1.54) is 12.5 Å². The quantitative estimate of drug-likeness (QED) is 0.299. The van der Waals surface area contributed by atoms with E-state index in [2.05, 4.69) is 22.1 Å². The van der Waals surface area contributed by atoms with Gasteiger partial charge in [-0.05, 0) is 42.5 Å². The molecule has 1 saturated heterocycles. The van der Waals surface area contributed by atoms with Crippen LogP contribution in [0.2, 0.25) is 0 Å². The van der Waals surface area contributed by atoms with Crippen LogP contribution in [-0.4, -0.2) is 76.9 Å². The van der Waals surface area contributed by atoms with Gasteiger partial charge in [0.05, 0.1) is 25.2 Å². The van der Waals surface area contributed by atoms with Crippen LogP contribution >= 0.6 is 0 Å². The third-order valence-corrected chi connectivity index (χ3v) is 7.24. The zero-order valence-electron chi connectivity index (χ0n) is 21.6. The van der Waals surface area contributed by atoms with Crippen molar-refractivity contribution in [1.29, 1.82) is 5.41 Å². The van der Waals surface area contributed by atoms with E-state index in [1.54, 1.807) is 43.6 Å². The molecular weight excluding hydrogens is 506 g/mol. The van der Waals surface area contributed by atoms with Crippen molar-refractivity contribution < 1.29 is 22.6 Å². The number of ether oxygens (including phenoxy) is 3. The number of hydrogen-bond acceptors (Lipinski definition) is 9. The van der Waals surface area contributed by atoms with Crippen LogP contribution in [0.4, 0.5) is 11.5 Å². The summed E-state index contributed by atoms with van der Waals surface area (Å²) < 4.78 is 42.4. The van der Waals surface area contributed by atoms with Crippen LogP contribution in [0.1, 0.15) is 5.56 Å². The van der Waals surface area contributed by atoms with Gasteiger partial charge in [-0.25, -0.2) is 8.42 Å². The summed E-state index contributed by atoms with van der Waals surface area (Å²) in [6.07, 6.45) is 4.22. The van der Waals surface area contributed by atoms with Crippen molar-refractivity contribution in [2.45, 2.75) is 4.90 Å². The van der Waals surface area contributed by atoms with E-state index in [0.29, 0.717) is 35.3 Å². The maximum absolute atomic E-state index is 11.8. The van der Waals surface area contributed by atoms with Gasteiger partial charge in [-0.3, -0.25) is 4.90 Å². The smallest absolute Gasteiger partial charge is 0.175 e. The molecule has 38 heavy (non-hydrogen) atoms. The van der Waals surface area contributed by atoms with E-state index in [-0.39, 0.29) is 4.90 Å². The highest BCUT2D eigenvalue weighted by atomic mass is 32.2. The van der Waals surface area contributed by atoms with Crippen molar-refractivity contribution in [3.05, 3.63) is 72.7 Å². The van der Waals surface area contributed by atoms with Crippen LogP contribution in [0, 0.1) is 5.41 Å². The summed E-state index contributed by atoms with van der Waals surface area (Å²) in [6, 6.07) is 13.9. The topological polar surface area (TPSA) is 118 Å². The Balaban J connectivity index is 1.45. The second kappa shape index (κ2) is 12.2. The number of sulfone groups is 1. The first-order chi connectivity index (χ1) is 18.3. The van der Waals surface area contributed by atoms with E-state index in [1.807, 2.05) is 22.8 Å². The Kier molecular flexibility index (Phi) is 8.72. The van der Waals surface area contributed by atoms with Crippen molar-refractivity contribution in [2.24, 2.45) is 0 Å². The molecule has 0 bridgehead atoms. The molecule has 3 N–H and O–H groups in total. The Morgan fingerprint density at radius 2 is 1.84 bits per heavy atom. The zero-order chi connectivity index (χ0) is 27.1. The summed E-state index contributed by atoms with van der Waals surface area (Å²) in [5, 5.41) is 14.3. The summed E-state index contributed by atoms with van der Waals surface area (Å²) >= 11 is 0. The lowest BCUT2D eigenvalue weighted by molar-refractivity contribution is 0.0321. The van der Waals surface area contributed by atoms with E-state index in [0.717, 1.165) is 44.2 Å². The molecule has 1 aliphatic rings. The van der Waals surface area contributed by atoms with Gasteiger partial charge in [0, 0.05) is 61.3 Å². The van der Waals surface area contributed by atoms with E-state index < -0.39 is 9.84 Å². The molecule has 2 heterocycles. The van der Waals surface area contributed by atoms with Gasteiger partial charge in [0.1, 0.15) is 18.2 Å². The van der Waals surface area contributed by atoms with Crippen LogP contribution in [0.5, 0.6) is 11.5 Å². The number of anilines is 2. The van der Waals surface area contributed by atoms with Crippen LogP contribution < -0.4 is 20.1 Å². The average Bonchev–Trinajstić information content (AvgIpc) is 3.31. The first kappa shape index (κ1) is 27.2. The molecule has 2 aromatic carbocycles. The number of nitrogens with one attached hydrogen (secondary N) is 3. The van der Waals surface area contributed by atoms with Gasteiger partial charge in [-0.1, -0.05) is 6.58 Å². The predicted molar refractivity (Wildman–Crippen MR) is 149 cm³/mol. The first-order valence-electron chi connectivity index (χ1n) is 12.1. The van der Waals surface area contributed by atoms with Crippen molar-refractivity contribution in [3.8, 4) is 17.2 Å². The van der Waals surface area contributed by atoms with Crippen molar-refractivity contribution in [2.75, 3.05) is 63.5 Å². The van der Waals surface area contributed by atoms with E-state index >= 15 is 0 Å². The number of benzene rings is 2. The highest BCUT2D eigenvalue weighted by Gasteiger charge is 2.14. The lowest BCUT2D eigenvalue weighted by Gasteiger charge is -2.26. The highest BCUT2D eigenvalue weighted by molar-refractivity contribution is 7.90. The molecule has 0 saturated carbocycles. The molecule has 202 valence electrons. The molecule has 4 rings (SSSR count). The molecule has 1 fully saturated rings. The van der Waals surface area contributed by atoms with Crippen LogP contribution in [0.3, 0.4) is 0 Å². The predicted octanol–water partition coefficient (Wildman–Crippen LogP) is 3.59. The molecule has 1 aliphatic heterocycles. The maximum Gasteiger partial charge on any atom is 0.175 e. The van der Waals surface area contributed by atoms with Gasteiger partial charge in [0.25, 0.3) is 0 Å². The van der Waals surface area contributed by atoms with E-state index in [4.69, 9.17) is 19.6 Å². The summed E-state index contributed by atoms with van der Waals surface area (Å²) in [5.41, 5.74) is 2.12. The monoisotopic (exact) mass is 539 g/mol. The number of morpholine rings is 1. The van der Waals surface area contributed by atoms with Crippen molar-refractivity contribution in [1.82, 2.24) is 9.47 Å². The Morgan fingerprint density at radius 1 is 1.11 bits per heavy atom. The fraction of sp³-hybridized carbons (Fsp3) is 0.296. The molecule has 0 atom stereocenters. The van der Waals surface area contributed by atoms with Gasteiger partial charge in [0.2, 0.25) is 0 Å². The molecule has 0 spiro atoms. The number of rotatable bonds is 12. The normalized spacial score (nSPS) is 14.1. The first-order valence-corrected chi connectivity index (χ1v) is 14.0. The largest absolute Gasteiger partial charge is 0.493 e. The van der Waals surface area contributed by atoms with Gasteiger partial charge >= 0.3 is 0 Å². The van der Waals surface area contributed by atoms with Crippen LogP contribution in [0.25, 0.3) is 5.69 Å². The minimum Gasteiger partial charge on any atom is -0.493 e. The molecule has 10 nitrogen and oxygen atoms in total. The van der Waals surface area contributed by atoms with E-state index in [9.17, 15) is 8.42 Å². The molecule has 1 aromatic heterocycles. The Bertz CT molecular complexity index is 1380. The minimum absolute atomic E-state index is 0.240. The second-order valence-corrected chi connectivity index (χ2v) is 10.8. The lowest BCUT2D eigenvalue weighted by Crippen LogP contribution is -2.38. The molecule has 0 amide bonds. The molecule has 0 unspecified atom stereocenters. The number of aromatic nitrogens is 1. The van der Waals surface area contributed by atoms with Gasteiger partial charge in [0.15, 0.2) is 21.3 Å². The Hall–Kier alpha value is -3.80. The van der Waals surface area contributed by atoms with Gasteiger partial charge in [-0.15, -0.1) is 0 Å². The van der Waals surface area contributed by atoms with Crippen molar-refractivity contribution >= 4 is 27.6 Å². The number of methoxy groups -OCH3 is 1. The van der Waals surface area contributed by atoms with Crippen LogP contribution in [0.15, 0.2) is 72.0 Å². The van der Waals surface area contributed by atoms with Gasteiger partial charge < -0.3 is 34.8 Å². The zero-order valence-corrected chi connectivity index (χ0v) is 22.4. The Labute approximate surface area is 223 Å². The average molecular weight is 540 g/mol. The molecule has 0 radical (unpaired) electrons. The molecule has 11 heteroatoms. The second-order valence-electron chi connectivity index (χ2n) is 8.80. The highest BCUT2D eigenvalue weighted by Crippen LogP contribution is 2.31. The van der Waals surface area contributed by atoms with Crippen molar-refractivity contribution in [3.63, 3.8) is 0 Å². The fourth-order valence-electron chi connectivity index (χ4n) is 4.09. The summed E-state index contributed by atoms with van der Waals surface area (Å²) in [4.78, 5) is 2.54. The number of nitrogens with zero attached hydrogens (tertiary/aromatic N) is 2. The Morgan fingerprint density at radius 3 is 2.50 bits per heavy atom. The van der Waals surface area contributed by atoms with Gasteiger partial charge in [-0.2, -0.15) is 0 Å². The molecular formula is C27H33N5O5S. The summed E-state index contributed by atoms with van der Waals surface area (Å²) in [7, 11) is -1.69. The summed E-state index contributed by atoms with van der Waals surface area (Å²) in [6.45, 7) is 8.70. The molecule has 0 aliphatic carbocycles. The fourth-order valence-corrected chi connectivity index (χ4v) is 4.72. The summed E-state index contributed by atoms with van der Waals surface area (Å²) in [5.74, 6) is 2.34. The standard InChI is InChI=1S/C27H33N5O5S/c1-20(29-22-4-9-25(35-2)26(18-22)37-17-14-31-12-15-36-16-13-31)30-27-21(19-28)10-11-32(27)23-5-7-24(8-6-23)38(3,33)34/h4-11,18-19,28-30H,1,12-17H2,2-3H3. The lowest BCUT2D eigenvalue weighted by atomic mass is 10.2. The maximum atomic E-state index is 11.8. The third kappa shape index (κ3) is 6.74. The minimum atomic E-state index is -3.30. The number of hydrogen-bond donors (Lipinski definition) is 3. The van der Waals surface area contributed by atoms with Crippen LogP contribution in [-0.2, 0) is 14.6 Å². The molecule has 3 aromatic rings. The third-order valence-electron chi connectivity index (χ3n) is 6.11.